The predicted octanol–water partition coefficient (Wildman–Crippen LogP) is 3.69. The second-order valence-corrected chi connectivity index (χ2v) is 6.35. The van der Waals surface area contributed by atoms with Gasteiger partial charge >= 0.3 is 0 Å². The van der Waals surface area contributed by atoms with E-state index in [2.05, 4.69) is 10.3 Å². The highest BCUT2D eigenvalue weighted by Gasteiger charge is 2.07. The lowest BCUT2D eigenvalue weighted by Gasteiger charge is -2.10. The Balaban J connectivity index is 1.48. The number of nitrogens with zero attached hydrogens (tertiary/aromatic N) is 2. The summed E-state index contributed by atoms with van der Waals surface area (Å²) in [5.74, 6) is 0.755. The molecule has 2 heterocycles. The molecule has 1 amide bonds. The molecule has 1 aromatic carbocycles. The minimum absolute atomic E-state index is 0.0691. The van der Waals surface area contributed by atoms with Gasteiger partial charge in [0.15, 0.2) is 0 Å². The highest BCUT2D eigenvalue weighted by atomic mass is 35.5. The van der Waals surface area contributed by atoms with E-state index < -0.39 is 0 Å². The molecule has 0 radical (unpaired) electrons. The van der Waals surface area contributed by atoms with Gasteiger partial charge in [-0.1, -0.05) is 23.7 Å². The maximum Gasteiger partial charge on any atom is 0.223 e. The Morgan fingerprint density at radius 1 is 1.24 bits per heavy atom. The summed E-state index contributed by atoms with van der Waals surface area (Å²) in [4.78, 5) is 16.4. The van der Waals surface area contributed by atoms with Crippen molar-refractivity contribution in [3.05, 3.63) is 64.6 Å². The van der Waals surface area contributed by atoms with Crippen LogP contribution in [-0.2, 0) is 11.3 Å². The average Bonchev–Trinajstić information content (AvgIpc) is 2.99. The van der Waals surface area contributed by atoms with E-state index in [1.165, 1.54) is 5.56 Å². The number of ether oxygens (including phenoxy) is 1. The van der Waals surface area contributed by atoms with Crippen LogP contribution < -0.4 is 10.1 Å². The van der Waals surface area contributed by atoms with E-state index in [0.717, 1.165) is 22.7 Å². The van der Waals surface area contributed by atoms with Crippen LogP contribution in [0.25, 0.3) is 5.65 Å². The van der Waals surface area contributed by atoms with Gasteiger partial charge in [-0.15, -0.1) is 0 Å². The van der Waals surface area contributed by atoms with Crippen LogP contribution in [0.3, 0.4) is 0 Å². The van der Waals surface area contributed by atoms with Crippen LogP contribution in [0.1, 0.15) is 23.2 Å². The molecule has 2 aromatic heterocycles. The molecule has 0 unspecified atom stereocenters. The number of benzene rings is 1. The van der Waals surface area contributed by atoms with Crippen LogP contribution in [0.15, 0.2) is 42.7 Å². The second kappa shape index (κ2) is 7.57. The Kier molecular flexibility index (Phi) is 5.24. The topological polar surface area (TPSA) is 55.6 Å². The molecule has 0 bridgehead atoms. The molecule has 0 aliphatic heterocycles. The third-order valence-electron chi connectivity index (χ3n) is 4.07. The van der Waals surface area contributed by atoms with E-state index >= 15 is 0 Å². The number of aromatic nitrogens is 2. The molecule has 0 fully saturated rings. The van der Waals surface area contributed by atoms with Gasteiger partial charge in [-0.05, 0) is 43.2 Å². The fourth-order valence-corrected chi connectivity index (χ4v) is 2.68. The number of carbonyl (C=O) groups is 1. The molecule has 0 saturated heterocycles. The number of aryl methyl sites for hydroxylation is 1. The van der Waals surface area contributed by atoms with E-state index in [9.17, 15) is 4.79 Å². The van der Waals surface area contributed by atoms with Crippen LogP contribution in [-0.4, -0.2) is 21.9 Å². The first kappa shape index (κ1) is 17.3. The van der Waals surface area contributed by atoms with Gasteiger partial charge in [0.25, 0.3) is 0 Å². The minimum Gasteiger partial charge on any atom is -0.493 e. The summed E-state index contributed by atoms with van der Waals surface area (Å²) < 4.78 is 7.55. The van der Waals surface area contributed by atoms with Crippen molar-refractivity contribution < 1.29 is 9.53 Å². The number of rotatable bonds is 6. The van der Waals surface area contributed by atoms with Gasteiger partial charge in [-0.2, -0.15) is 0 Å². The lowest BCUT2D eigenvalue weighted by atomic mass is 10.1. The summed E-state index contributed by atoms with van der Waals surface area (Å²) in [5.41, 5.74) is 3.86. The van der Waals surface area contributed by atoms with Crippen molar-refractivity contribution in [3.8, 4) is 5.75 Å². The average molecular weight is 358 g/mol. The fourth-order valence-electron chi connectivity index (χ4n) is 2.51. The molecule has 25 heavy (non-hydrogen) atoms. The summed E-state index contributed by atoms with van der Waals surface area (Å²) >= 11 is 5.95. The number of imidazole rings is 1. The summed E-state index contributed by atoms with van der Waals surface area (Å²) in [6.45, 7) is 4.77. The molecule has 0 saturated carbocycles. The molecule has 0 aliphatic rings. The molecular weight excluding hydrogens is 338 g/mol. The summed E-state index contributed by atoms with van der Waals surface area (Å²) in [5, 5.41) is 3.50. The summed E-state index contributed by atoms with van der Waals surface area (Å²) in [6, 6.07) is 9.54. The first-order valence-corrected chi connectivity index (χ1v) is 8.49. The smallest absolute Gasteiger partial charge is 0.223 e. The van der Waals surface area contributed by atoms with Gasteiger partial charge in [0, 0.05) is 12.4 Å². The highest BCUT2D eigenvalue weighted by Crippen LogP contribution is 2.20. The van der Waals surface area contributed by atoms with Gasteiger partial charge in [-0.3, -0.25) is 4.79 Å². The lowest BCUT2D eigenvalue weighted by Crippen LogP contribution is -2.24. The van der Waals surface area contributed by atoms with E-state index in [1.807, 2.05) is 48.7 Å². The van der Waals surface area contributed by atoms with Crippen molar-refractivity contribution in [1.29, 1.82) is 0 Å². The molecule has 0 atom stereocenters. The number of halogens is 1. The zero-order valence-electron chi connectivity index (χ0n) is 14.3. The Morgan fingerprint density at radius 2 is 2.08 bits per heavy atom. The maximum absolute atomic E-state index is 12.0. The molecule has 130 valence electrons. The van der Waals surface area contributed by atoms with E-state index in [-0.39, 0.29) is 5.91 Å². The molecular formula is C19H20ClN3O2. The zero-order chi connectivity index (χ0) is 17.8. The van der Waals surface area contributed by atoms with Gasteiger partial charge < -0.3 is 14.5 Å². The van der Waals surface area contributed by atoms with Crippen molar-refractivity contribution in [2.75, 3.05) is 6.61 Å². The number of hydrogen-bond acceptors (Lipinski definition) is 3. The fraction of sp³-hybridized carbons (Fsp3) is 0.263. The Bertz CT molecular complexity index is 905. The lowest BCUT2D eigenvalue weighted by molar-refractivity contribution is -0.121. The van der Waals surface area contributed by atoms with Crippen molar-refractivity contribution >= 4 is 23.2 Å². The van der Waals surface area contributed by atoms with Gasteiger partial charge in [0.2, 0.25) is 5.91 Å². The van der Waals surface area contributed by atoms with E-state index in [1.54, 1.807) is 12.3 Å². The summed E-state index contributed by atoms with van der Waals surface area (Å²) in [6.07, 6.45) is 3.94. The molecule has 6 heteroatoms. The van der Waals surface area contributed by atoms with Crippen LogP contribution in [0.2, 0.25) is 5.02 Å². The van der Waals surface area contributed by atoms with Gasteiger partial charge in [-0.25, -0.2) is 4.98 Å². The second-order valence-electron chi connectivity index (χ2n) is 5.92. The third kappa shape index (κ3) is 4.31. The molecule has 0 aliphatic carbocycles. The van der Waals surface area contributed by atoms with Crippen molar-refractivity contribution in [1.82, 2.24) is 14.7 Å². The van der Waals surface area contributed by atoms with Crippen LogP contribution in [0.4, 0.5) is 0 Å². The normalized spacial score (nSPS) is 10.8. The number of fused-ring (bicyclic) bond motifs is 1. The quantitative estimate of drug-likeness (QED) is 0.732. The van der Waals surface area contributed by atoms with Crippen LogP contribution >= 0.6 is 11.6 Å². The number of carbonyl (C=O) groups excluding carboxylic acids is 1. The summed E-state index contributed by atoms with van der Waals surface area (Å²) in [7, 11) is 0. The van der Waals surface area contributed by atoms with Crippen LogP contribution in [0.5, 0.6) is 5.75 Å². The highest BCUT2D eigenvalue weighted by molar-refractivity contribution is 6.30. The Labute approximate surface area is 151 Å². The molecule has 5 nitrogen and oxygen atoms in total. The maximum atomic E-state index is 12.0. The molecule has 0 spiro atoms. The Morgan fingerprint density at radius 3 is 2.92 bits per heavy atom. The third-order valence-corrected chi connectivity index (χ3v) is 4.30. The van der Waals surface area contributed by atoms with Crippen molar-refractivity contribution in [2.45, 2.75) is 26.8 Å². The van der Waals surface area contributed by atoms with Crippen molar-refractivity contribution in [2.24, 2.45) is 0 Å². The number of nitrogens with one attached hydrogen (secondary N) is 1. The SMILES string of the molecule is Cc1cccc(OCCC(=O)NCc2cn3cc(Cl)ccc3n2)c1C. The first-order valence-electron chi connectivity index (χ1n) is 8.12. The monoisotopic (exact) mass is 357 g/mol. The zero-order valence-corrected chi connectivity index (χ0v) is 15.0. The largest absolute Gasteiger partial charge is 0.493 e. The number of pyridine rings is 1. The first-order chi connectivity index (χ1) is 12.0. The van der Waals surface area contributed by atoms with Crippen molar-refractivity contribution in [3.63, 3.8) is 0 Å². The standard InChI is InChI=1S/C19H20ClN3O2/c1-13-4-3-5-17(14(13)2)25-9-8-19(24)21-10-16-12-23-11-15(20)6-7-18(23)22-16/h3-7,11-12H,8-10H2,1-2H3,(H,21,24). The number of amides is 1. The van der Waals surface area contributed by atoms with E-state index in [4.69, 9.17) is 16.3 Å². The van der Waals surface area contributed by atoms with E-state index in [0.29, 0.717) is 24.6 Å². The number of hydrogen-bond donors (Lipinski definition) is 1. The predicted molar refractivity (Wildman–Crippen MR) is 98.1 cm³/mol. The molecule has 3 aromatic rings. The van der Waals surface area contributed by atoms with Gasteiger partial charge in [0.1, 0.15) is 11.4 Å². The molecule has 1 N–H and O–H groups in total. The minimum atomic E-state index is -0.0691. The van der Waals surface area contributed by atoms with Crippen LogP contribution in [0, 0.1) is 13.8 Å². The molecule has 3 rings (SSSR count). The Hall–Kier alpha value is -2.53. The van der Waals surface area contributed by atoms with Gasteiger partial charge in [0.05, 0.1) is 30.3 Å².